The molecule has 2 aromatic carbocycles. The van der Waals surface area contributed by atoms with E-state index in [0.717, 1.165) is 5.56 Å². The summed E-state index contributed by atoms with van der Waals surface area (Å²) in [5, 5.41) is 13.4. The largest absolute Gasteiger partial charge is 0.508 e. The van der Waals surface area contributed by atoms with Gasteiger partial charge in [0.15, 0.2) is 0 Å². The van der Waals surface area contributed by atoms with Crippen LogP contribution in [0.25, 0.3) is 0 Å². The molecule has 0 saturated heterocycles. The number of phenolic OH excluding ortho intramolecular Hbond substituents is 1. The Balaban J connectivity index is 2.09. The Kier molecular flexibility index (Phi) is 3.93. The van der Waals surface area contributed by atoms with Crippen LogP contribution in [0, 0.1) is 0 Å². The maximum atomic E-state index is 11.8. The first-order valence-electron chi connectivity index (χ1n) is 5.86. The smallest absolute Gasteiger partial charge is 0.271 e. The lowest BCUT2D eigenvalue weighted by atomic mass is 10.1. The third-order valence-corrected chi connectivity index (χ3v) is 2.63. The highest BCUT2D eigenvalue weighted by Crippen LogP contribution is 2.11. The molecule has 2 rings (SSSR count). The van der Waals surface area contributed by atoms with Gasteiger partial charge in [-0.3, -0.25) is 4.79 Å². The van der Waals surface area contributed by atoms with Crippen molar-refractivity contribution in [3.63, 3.8) is 0 Å². The Morgan fingerprint density at radius 1 is 1.05 bits per heavy atom. The van der Waals surface area contributed by atoms with Crippen LogP contribution in [-0.2, 0) is 0 Å². The topological polar surface area (TPSA) is 61.7 Å². The van der Waals surface area contributed by atoms with Crippen molar-refractivity contribution in [3.8, 4) is 5.75 Å². The number of hydrazone groups is 1. The molecule has 4 nitrogen and oxygen atoms in total. The summed E-state index contributed by atoms with van der Waals surface area (Å²) in [5.74, 6) is -0.0958. The number of nitrogens with zero attached hydrogens (tertiary/aromatic N) is 1. The van der Waals surface area contributed by atoms with E-state index in [1.54, 1.807) is 49.4 Å². The third-order valence-electron chi connectivity index (χ3n) is 2.63. The Labute approximate surface area is 111 Å². The minimum absolute atomic E-state index is 0.168. The first kappa shape index (κ1) is 12.8. The van der Waals surface area contributed by atoms with Gasteiger partial charge in [0, 0.05) is 11.1 Å². The summed E-state index contributed by atoms with van der Waals surface area (Å²) in [6.07, 6.45) is 0. The van der Waals surface area contributed by atoms with Crippen LogP contribution >= 0.6 is 0 Å². The fourth-order valence-electron chi connectivity index (χ4n) is 1.58. The molecular weight excluding hydrogens is 240 g/mol. The van der Waals surface area contributed by atoms with Crippen LogP contribution in [0.5, 0.6) is 5.75 Å². The van der Waals surface area contributed by atoms with Gasteiger partial charge in [0.05, 0.1) is 5.71 Å². The highest BCUT2D eigenvalue weighted by Gasteiger charge is 2.03. The molecule has 0 aliphatic heterocycles. The number of hydrogen-bond acceptors (Lipinski definition) is 3. The second kappa shape index (κ2) is 5.82. The van der Waals surface area contributed by atoms with Gasteiger partial charge in [-0.25, -0.2) is 5.43 Å². The number of phenols is 1. The number of hydrogen-bond donors (Lipinski definition) is 2. The maximum absolute atomic E-state index is 11.8. The first-order valence-corrected chi connectivity index (χ1v) is 5.86. The molecule has 19 heavy (non-hydrogen) atoms. The fraction of sp³-hybridized carbons (Fsp3) is 0.0667. The Morgan fingerprint density at radius 3 is 2.42 bits per heavy atom. The van der Waals surface area contributed by atoms with E-state index in [1.807, 2.05) is 12.1 Å². The standard InChI is InChI=1S/C15H14N2O2/c1-11(13-8-5-9-14(18)10-13)16-17-15(19)12-6-3-2-4-7-12/h2-10,18H,1H3,(H,17,19)/b16-11+. The van der Waals surface area contributed by atoms with Crippen LogP contribution in [0.1, 0.15) is 22.8 Å². The fourth-order valence-corrected chi connectivity index (χ4v) is 1.58. The van der Waals surface area contributed by atoms with Crippen molar-refractivity contribution < 1.29 is 9.90 Å². The highest BCUT2D eigenvalue weighted by atomic mass is 16.3. The van der Waals surface area contributed by atoms with Crippen LogP contribution in [0.2, 0.25) is 0 Å². The van der Waals surface area contributed by atoms with Gasteiger partial charge < -0.3 is 5.11 Å². The van der Waals surface area contributed by atoms with Gasteiger partial charge in [0.25, 0.3) is 5.91 Å². The average molecular weight is 254 g/mol. The molecule has 0 aromatic heterocycles. The van der Waals surface area contributed by atoms with Crippen molar-refractivity contribution in [2.75, 3.05) is 0 Å². The monoisotopic (exact) mass is 254 g/mol. The van der Waals surface area contributed by atoms with Crippen LogP contribution in [0.3, 0.4) is 0 Å². The molecule has 2 aromatic rings. The predicted octanol–water partition coefficient (Wildman–Crippen LogP) is 2.55. The summed E-state index contributed by atoms with van der Waals surface area (Å²) >= 11 is 0. The SMILES string of the molecule is C/C(=N\NC(=O)c1ccccc1)c1cccc(O)c1. The zero-order chi connectivity index (χ0) is 13.7. The molecule has 0 fully saturated rings. The Bertz CT molecular complexity index is 607. The summed E-state index contributed by atoms with van der Waals surface area (Å²) < 4.78 is 0. The van der Waals surface area contributed by atoms with Gasteiger partial charge in [0.1, 0.15) is 5.75 Å². The minimum atomic E-state index is -0.264. The molecule has 1 amide bonds. The zero-order valence-corrected chi connectivity index (χ0v) is 10.5. The average Bonchev–Trinajstić information content (AvgIpc) is 2.45. The van der Waals surface area contributed by atoms with E-state index in [2.05, 4.69) is 10.5 Å². The summed E-state index contributed by atoms with van der Waals surface area (Å²) in [6.45, 7) is 1.76. The number of aromatic hydroxyl groups is 1. The van der Waals surface area contributed by atoms with Crippen molar-refractivity contribution in [3.05, 3.63) is 65.7 Å². The van der Waals surface area contributed by atoms with Gasteiger partial charge in [-0.05, 0) is 31.2 Å². The molecule has 0 radical (unpaired) electrons. The van der Waals surface area contributed by atoms with E-state index in [-0.39, 0.29) is 11.7 Å². The zero-order valence-electron chi connectivity index (χ0n) is 10.5. The molecule has 0 atom stereocenters. The quantitative estimate of drug-likeness (QED) is 0.653. The molecule has 0 bridgehead atoms. The summed E-state index contributed by atoms with van der Waals surface area (Å²) in [6, 6.07) is 15.6. The molecule has 96 valence electrons. The molecule has 2 N–H and O–H groups in total. The van der Waals surface area contributed by atoms with Crippen molar-refractivity contribution >= 4 is 11.6 Å². The second-order valence-corrected chi connectivity index (χ2v) is 4.05. The summed E-state index contributed by atoms with van der Waals surface area (Å²) in [4.78, 5) is 11.8. The molecule has 0 saturated carbocycles. The Hall–Kier alpha value is -2.62. The lowest BCUT2D eigenvalue weighted by molar-refractivity contribution is 0.0955. The number of amides is 1. The molecular formula is C15H14N2O2. The minimum Gasteiger partial charge on any atom is -0.508 e. The normalized spacial score (nSPS) is 11.1. The van der Waals surface area contributed by atoms with Crippen molar-refractivity contribution in [1.29, 1.82) is 0 Å². The number of nitrogens with one attached hydrogen (secondary N) is 1. The van der Waals surface area contributed by atoms with E-state index in [1.165, 1.54) is 0 Å². The first-order chi connectivity index (χ1) is 9.16. The lowest BCUT2D eigenvalue weighted by Crippen LogP contribution is -2.19. The number of rotatable bonds is 3. The number of carbonyl (C=O) groups is 1. The van der Waals surface area contributed by atoms with Crippen LogP contribution < -0.4 is 5.43 Å². The molecule has 0 aliphatic rings. The van der Waals surface area contributed by atoms with Crippen LogP contribution in [0.4, 0.5) is 0 Å². The van der Waals surface area contributed by atoms with E-state index in [9.17, 15) is 9.90 Å². The van der Waals surface area contributed by atoms with E-state index < -0.39 is 0 Å². The lowest BCUT2D eigenvalue weighted by Gasteiger charge is -2.03. The highest BCUT2D eigenvalue weighted by molar-refractivity contribution is 6.01. The molecule has 0 unspecified atom stereocenters. The van der Waals surface area contributed by atoms with Crippen LogP contribution in [-0.4, -0.2) is 16.7 Å². The molecule has 0 heterocycles. The molecule has 0 spiro atoms. The van der Waals surface area contributed by atoms with Crippen molar-refractivity contribution in [1.82, 2.24) is 5.43 Å². The van der Waals surface area contributed by atoms with E-state index in [4.69, 9.17) is 0 Å². The third kappa shape index (κ3) is 3.42. The summed E-state index contributed by atoms with van der Waals surface area (Å²) in [7, 11) is 0. The number of carbonyl (C=O) groups excluding carboxylic acids is 1. The van der Waals surface area contributed by atoms with Gasteiger partial charge in [-0.1, -0.05) is 30.3 Å². The van der Waals surface area contributed by atoms with Gasteiger partial charge >= 0.3 is 0 Å². The van der Waals surface area contributed by atoms with Crippen molar-refractivity contribution in [2.24, 2.45) is 5.10 Å². The van der Waals surface area contributed by atoms with Gasteiger partial charge in [0.2, 0.25) is 0 Å². The van der Waals surface area contributed by atoms with Crippen LogP contribution in [0.15, 0.2) is 59.7 Å². The van der Waals surface area contributed by atoms with Gasteiger partial charge in [-0.15, -0.1) is 0 Å². The second-order valence-electron chi connectivity index (χ2n) is 4.05. The van der Waals surface area contributed by atoms with Gasteiger partial charge in [-0.2, -0.15) is 5.10 Å². The predicted molar refractivity (Wildman–Crippen MR) is 74.2 cm³/mol. The number of benzene rings is 2. The Morgan fingerprint density at radius 2 is 1.74 bits per heavy atom. The molecule has 0 aliphatic carbocycles. The summed E-state index contributed by atoms with van der Waals surface area (Å²) in [5.41, 5.74) is 4.42. The maximum Gasteiger partial charge on any atom is 0.271 e. The van der Waals surface area contributed by atoms with E-state index >= 15 is 0 Å². The van der Waals surface area contributed by atoms with E-state index in [0.29, 0.717) is 11.3 Å². The molecule has 4 heteroatoms. The van der Waals surface area contributed by atoms with Crippen molar-refractivity contribution in [2.45, 2.75) is 6.92 Å².